The molecule has 0 bridgehead atoms. The largest absolute Gasteiger partial charge is 0.387 e. The van der Waals surface area contributed by atoms with Crippen LogP contribution in [0, 0.1) is 5.41 Å². The molecule has 0 spiro atoms. The summed E-state index contributed by atoms with van der Waals surface area (Å²) >= 11 is 6.04. The van der Waals surface area contributed by atoms with Gasteiger partial charge in [0.25, 0.3) is 0 Å². The van der Waals surface area contributed by atoms with Crippen LogP contribution in [0.1, 0.15) is 37.9 Å². The summed E-state index contributed by atoms with van der Waals surface area (Å²) in [6.07, 6.45) is 3.41. The minimum absolute atomic E-state index is 0.445. The van der Waals surface area contributed by atoms with Crippen LogP contribution in [0.4, 0.5) is 0 Å². The minimum atomic E-state index is -0.521. The Bertz CT molecular complexity index is 376. The van der Waals surface area contributed by atoms with Crippen molar-refractivity contribution in [1.29, 1.82) is 0 Å². The quantitative estimate of drug-likeness (QED) is 0.845. The molecule has 1 saturated carbocycles. The fraction of sp³-hybridized carbons (Fsp3) is 0.571. The van der Waals surface area contributed by atoms with Gasteiger partial charge >= 0.3 is 0 Å². The molecule has 1 aromatic carbocycles. The van der Waals surface area contributed by atoms with Gasteiger partial charge in [-0.2, -0.15) is 0 Å². The second-order valence-electron chi connectivity index (χ2n) is 5.33. The van der Waals surface area contributed by atoms with Gasteiger partial charge in [0.05, 0.1) is 6.10 Å². The topological polar surface area (TPSA) is 32.3 Å². The highest BCUT2D eigenvalue weighted by molar-refractivity contribution is 6.31. The summed E-state index contributed by atoms with van der Waals surface area (Å²) in [6, 6.07) is 7.46. The summed E-state index contributed by atoms with van der Waals surface area (Å²) in [7, 11) is 0. The van der Waals surface area contributed by atoms with Crippen molar-refractivity contribution in [3.63, 3.8) is 0 Å². The van der Waals surface area contributed by atoms with Crippen molar-refractivity contribution in [1.82, 2.24) is 5.32 Å². The first-order valence-corrected chi connectivity index (χ1v) is 6.62. The maximum absolute atomic E-state index is 10.0. The lowest BCUT2D eigenvalue weighted by atomic mass is 9.70. The van der Waals surface area contributed by atoms with E-state index in [1.165, 1.54) is 19.3 Å². The third-order valence-electron chi connectivity index (χ3n) is 3.71. The van der Waals surface area contributed by atoms with E-state index in [4.69, 9.17) is 11.6 Å². The second-order valence-corrected chi connectivity index (χ2v) is 5.74. The number of hydrogen-bond acceptors (Lipinski definition) is 2. The highest BCUT2D eigenvalue weighted by Gasteiger charge is 2.31. The van der Waals surface area contributed by atoms with E-state index in [-0.39, 0.29) is 0 Å². The van der Waals surface area contributed by atoms with E-state index in [1.807, 2.05) is 24.3 Å². The number of aliphatic hydroxyl groups excluding tert-OH is 1. The fourth-order valence-electron chi connectivity index (χ4n) is 2.32. The molecule has 0 aromatic heterocycles. The molecule has 0 radical (unpaired) electrons. The molecule has 2 nitrogen and oxygen atoms in total. The van der Waals surface area contributed by atoms with E-state index >= 15 is 0 Å². The van der Waals surface area contributed by atoms with Crippen LogP contribution in [0.3, 0.4) is 0 Å². The lowest BCUT2D eigenvalue weighted by Gasteiger charge is -2.38. The Morgan fingerprint density at radius 1 is 1.41 bits per heavy atom. The maximum Gasteiger partial charge on any atom is 0.0928 e. The molecule has 0 aliphatic heterocycles. The van der Waals surface area contributed by atoms with Crippen molar-refractivity contribution in [2.24, 2.45) is 5.41 Å². The molecule has 1 aliphatic rings. The van der Waals surface area contributed by atoms with Crippen LogP contribution in [-0.4, -0.2) is 18.2 Å². The molecule has 17 heavy (non-hydrogen) atoms. The molecule has 2 N–H and O–H groups in total. The normalized spacial score (nSPS) is 19.7. The summed E-state index contributed by atoms with van der Waals surface area (Å²) in [5.74, 6) is 0. The average molecular weight is 254 g/mol. The highest BCUT2D eigenvalue weighted by atomic mass is 35.5. The molecule has 2 rings (SSSR count). The third kappa shape index (κ3) is 3.21. The molecule has 1 aromatic rings. The van der Waals surface area contributed by atoms with Gasteiger partial charge in [0, 0.05) is 23.7 Å². The second kappa shape index (κ2) is 5.38. The van der Waals surface area contributed by atoms with E-state index in [2.05, 4.69) is 12.2 Å². The van der Waals surface area contributed by atoms with Gasteiger partial charge in [-0.1, -0.05) is 43.1 Å². The Hall–Kier alpha value is -0.570. The Labute approximate surface area is 108 Å². The first-order chi connectivity index (χ1) is 8.11. The van der Waals surface area contributed by atoms with Gasteiger partial charge in [0.15, 0.2) is 0 Å². The van der Waals surface area contributed by atoms with E-state index in [9.17, 15) is 5.11 Å². The Morgan fingerprint density at radius 2 is 2.12 bits per heavy atom. The van der Waals surface area contributed by atoms with Crippen LogP contribution in [0.2, 0.25) is 5.02 Å². The van der Waals surface area contributed by atoms with E-state index in [0.717, 1.165) is 12.1 Å². The van der Waals surface area contributed by atoms with E-state index < -0.39 is 6.10 Å². The Morgan fingerprint density at radius 3 is 2.71 bits per heavy atom. The number of aliphatic hydroxyl groups is 1. The van der Waals surface area contributed by atoms with Gasteiger partial charge in [0.1, 0.15) is 0 Å². The Balaban J connectivity index is 1.81. The third-order valence-corrected chi connectivity index (χ3v) is 4.06. The summed E-state index contributed by atoms with van der Waals surface area (Å²) < 4.78 is 0. The van der Waals surface area contributed by atoms with Crippen LogP contribution in [0.5, 0.6) is 0 Å². The first kappa shape index (κ1) is 12.9. The SMILES string of the molecule is CC1(CNCC(O)c2ccccc2Cl)CCC1. The fourth-order valence-corrected chi connectivity index (χ4v) is 2.58. The van der Waals surface area contributed by atoms with E-state index in [1.54, 1.807) is 0 Å². The van der Waals surface area contributed by atoms with Gasteiger partial charge in [-0.25, -0.2) is 0 Å². The van der Waals surface area contributed by atoms with Crippen molar-refractivity contribution >= 4 is 11.6 Å². The van der Waals surface area contributed by atoms with Crippen molar-refractivity contribution in [2.75, 3.05) is 13.1 Å². The molecule has 3 heteroatoms. The monoisotopic (exact) mass is 253 g/mol. The van der Waals surface area contributed by atoms with Gasteiger partial charge in [-0.3, -0.25) is 0 Å². The summed E-state index contributed by atoms with van der Waals surface area (Å²) in [6.45, 7) is 3.85. The number of rotatable bonds is 5. The van der Waals surface area contributed by atoms with Crippen LogP contribution >= 0.6 is 11.6 Å². The van der Waals surface area contributed by atoms with Gasteiger partial charge in [0.2, 0.25) is 0 Å². The van der Waals surface area contributed by atoms with Crippen LogP contribution < -0.4 is 5.32 Å². The molecule has 0 heterocycles. The molecule has 0 amide bonds. The number of nitrogens with one attached hydrogen (secondary N) is 1. The molecule has 1 aliphatic carbocycles. The summed E-state index contributed by atoms with van der Waals surface area (Å²) in [5.41, 5.74) is 1.25. The number of halogens is 1. The van der Waals surface area contributed by atoms with Crippen molar-refractivity contribution in [3.05, 3.63) is 34.9 Å². The predicted molar refractivity (Wildman–Crippen MR) is 71.2 cm³/mol. The standard InChI is InChI=1S/C14H20ClNO/c1-14(7-4-8-14)10-16-9-13(17)11-5-2-3-6-12(11)15/h2-3,5-6,13,16-17H,4,7-10H2,1H3. The number of benzene rings is 1. The van der Waals surface area contributed by atoms with Gasteiger partial charge in [-0.05, 0) is 24.3 Å². The van der Waals surface area contributed by atoms with Gasteiger partial charge < -0.3 is 10.4 Å². The Kier molecular flexibility index (Phi) is 4.08. The molecule has 1 unspecified atom stereocenters. The maximum atomic E-state index is 10.0. The van der Waals surface area contributed by atoms with Gasteiger partial charge in [-0.15, -0.1) is 0 Å². The van der Waals surface area contributed by atoms with Crippen LogP contribution in [-0.2, 0) is 0 Å². The van der Waals surface area contributed by atoms with E-state index in [0.29, 0.717) is 17.0 Å². The average Bonchev–Trinajstić information content (AvgIpc) is 2.27. The lowest BCUT2D eigenvalue weighted by Crippen LogP contribution is -2.38. The molecule has 1 fully saturated rings. The predicted octanol–water partition coefficient (Wildman–Crippen LogP) is 3.15. The van der Waals surface area contributed by atoms with Crippen molar-refractivity contribution in [3.8, 4) is 0 Å². The zero-order chi connectivity index (χ0) is 12.3. The first-order valence-electron chi connectivity index (χ1n) is 6.24. The summed E-state index contributed by atoms with van der Waals surface area (Å²) in [5, 5.41) is 14.0. The zero-order valence-corrected chi connectivity index (χ0v) is 11.0. The van der Waals surface area contributed by atoms with Crippen LogP contribution in [0.15, 0.2) is 24.3 Å². The van der Waals surface area contributed by atoms with Crippen molar-refractivity contribution in [2.45, 2.75) is 32.3 Å². The molecular weight excluding hydrogens is 234 g/mol. The molecule has 1 atom stereocenters. The number of hydrogen-bond donors (Lipinski definition) is 2. The lowest BCUT2D eigenvalue weighted by molar-refractivity contribution is 0.133. The highest BCUT2D eigenvalue weighted by Crippen LogP contribution is 2.39. The minimum Gasteiger partial charge on any atom is -0.387 e. The molecular formula is C14H20ClNO. The smallest absolute Gasteiger partial charge is 0.0928 e. The molecule has 0 saturated heterocycles. The van der Waals surface area contributed by atoms with Crippen LogP contribution in [0.25, 0.3) is 0 Å². The summed E-state index contributed by atoms with van der Waals surface area (Å²) in [4.78, 5) is 0. The van der Waals surface area contributed by atoms with Crippen molar-refractivity contribution < 1.29 is 5.11 Å². The zero-order valence-electron chi connectivity index (χ0n) is 10.2. The molecule has 94 valence electrons.